The van der Waals surface area contributed by atoms with E-state index in [9.17, 15) is 8.42 Å². The molecule has 0 aromatic rings. The molecule has 1 aliphatic rings. The summed E-state index contributed by atoms with van der Waals surface area (Å²) < 4.78 is 26.3. The number of hydrogen-bond acceptors (Lipinski definition) is 5. The summed E-state index contributed by atoms with van der Waals surface area (Å²) in [5.41, 5.74) is 0. The van der Waals surface area contributed by atoms with Crippen LogP contribution in [-0.2, 0) is 10.0 Å². The van der Waals surface area contributed by atoms with Crippen LogP contribution in [0.3, 0.4) is 0 Å². The summed E-state index contributed by atoms with van der Waals surface area (Å²) >= 11 is 0. The molecule has 18 heavy (non-hydrogen) atoms. The van der Waals surface area contributed by atoms with E-state index in [0.717, 1.165) is 0 Å². The zero-order valence-corrected chi connectivity index (χ0v) is 11.3. The van der Waals surface area contributed by atoms with Crippen LogP contribution in [0.25, 0.3) is 0 Å². The number of nitrogens with one attached hydrogen (secondary N) is 1. The van der Waals surface area contributed by atoms with E-state index in [2.05, 4.69) is 10.8 Å². The van der Waals surface area contributed by atoms with E-state index in [1.54, 1.807) is 13.0 Å². The maximum atomic E-state index is 11.9. The van der Waals surface area contributed by atoms with Gasteiger partial charge < -0.3 is 0 Å². The van der Waals surface area contributed by atoms with Gasteiger partial charge in [0.2, 0.25) is 10.0 Å². The Balaban J connectivity index is 2.51. The minimum absolute atomic E-state index is 0.118. The van der Waals surface area contributed by atoms with Crippen LogP contribution in [-0.4, -0.2) is 44.2 Å². The largest absolute Gasteiger partial charge is 0.290 e. The van der Waals surface area contributed by atoms with Crippen molar-refractivity contribution >= 4 is 10.0 Å². The molecule has 0 amide bonds. The molecule has 1 unspecified atom stereocenters. The van der Waals surface area contributed by atoms with Gasteiger partial charge in [-0.3, -0.25) is 4.90 Å². The molecule has 0 spiro atoms. The van der Waals surface area contributed by atoms with Gasteiger partial charge in [0.05, 0.1) is 18.7 Å². The fourth-order valence-corrected chi connectivity index (χ4v) is 3.45. The van der Waals surface area contributed by atoms with E-state index in [0.29, 0.717) is 38.9 Å². The number of sulfonamides is 1. The van der Waals surface area contributed by atoms with E-state index in [-0.39, 0.29) is 6.04 Å². The highest BCUT2D eigenvalue weighted by Crippen LogP contribution is 2.13. The fourth-order valence-electron chi connectivity index (χ4n) is 2.00. The Morgan fingerprint density at radius 1 is 1.39 bits per heavy atom. The fraction of sp³-hybridized carbons (Fsp3) is 0.818. The average Bonchev–Trinajstić information content (AvgIpc) is 2.33. The predicted molar refractivity (Wildman–Crippen MR) is 66.8 cm³/mol. The molecule has 1 heterocycles. The molecule has 1 fully saturated rings. The van der Waals surface area contributed by atoms with Crippen LogP contribution in [0.4, 0.5) is 0 Å². The predicted octanol–water partition coefficient (Wildman–Crippen LogP) is 0.196. The van der Waals surface area contributed by atoms with Crippen LogP contribution in [0.2, 0.25) is 0 Å². The van der Waals surface area contributed by atoms with Crippen LogP contribution in [0, 0.1) is 22.7 Å². The molecule has 0 saturated carbocycles. The van der Waals surface area contributed by atoms with Crippen molar-refractivity contribution < 1.29 is 8.42 Å². The maximum Gasteiger partial charge on any atom is 0.228 e. The first kappa shape index (κ1) is 14.9. The summed E-state index contributed by atoms with van der Waals surface area (Å²) in [7, 11) is -3.55. The second-order valence-electron chi connectivity index (χ2n) is 4.40. The lowest BCUT2D eigenvalue weighted by molar-refractivity contribution is 0.228. The van der Waals surface area contributed by atoms with Crippen molar-refractivity contribution in [2.75, 3.05) is 19.6 Å². The second-order valence-corrected chi connectivity index (χ2v) is 6.29. The number of piperidine rings is 1. The maximum absolute atomic E-state index is 11.9. The molecule has 0 bridgehead atoms. The highest BCUT2D eigenvalue weighted by Gasteiger charge is 2.28. The summed E-state index contributed by atoms with van der Waals surface area (Å²) in [4.78, 5) is 1.99. The lowest BCUT2D eigenvalue weighted by Crippen LogP contribution is -2.46. The second kappa shape index (κ2) is 6.69. The van der Waals surface area contributed by atoms with Crippen LogP contribution in [0.15, 0.2) is 0 Å². The minimum atomic E-state index is -3.55. The Kier molecular flexibility index (Phi) is 5.54. The zero-order chi connectivity index (χ0) is 13.6. The van der Waals surface area contributed by atoms with Crippen molar-refractivity contribution in [1.29, 1.82) is 10.5 Å². The molecule has 6 nitrogen and oxygen atoms in total. The zero-order valence-electron chi connectivity index (χ0n) is 10.5. The highest BCUT2D eigenvalue weighted by atomic mass is 32.2. The average molecular weight is 270 g/mol. The van der Waals surface area contributed by atoms with Gasteiger partial charge in [0.25, 0.3) is 0 Å². The summed E-state index contributed by atoms with van der Waals surface area (Å²) in [5.74, 6) is 0. The lowest BCUT2D eigenvalue weighted by atomic mass is 10.1. The van der Waals surface area contributed by atoms with Gasteiger partial charge >= 0.3 is 0 Å². The molecule has 0 aromatic heterocycles. The van der Waals surface area contributed by atoms with Crippen molar-refractivity contribution in [1.82, 2.24) is 9.62 Å². The summed E-state index contributed by atoms with van der Waals surface area (Å²) in [6, 6.07) is 3.77. The van der Waals surface area contributed by atoms with Crippen molar-refractivity contribution in [2.45, 2.75) is 37.5 Å². The quantitative estimate of drug-likeness (QED) is 0.720. The first-order valence-corrected chi connectivity index (χ1v) is 7.58. The van der Waals surface area contributed by atoms with Gasteiger partial charge in [-0.25, -0.2) is 13.1 Å². The minimum Gasteiger partial charge on any atom is -0.290 e. The third-order valence-corrected chi connectivity index (χ3v) is 4.95. The molecule has 1 saturated heterocycles. The molecular formula is C11H18N4O2S. The molecule has 0 aromatic carbocycles. The van der Waals surface area contributed by atoms with Gasteiger partial charge in [-0.15, -0.1) is 0 Å². The lowest BCUT2D eigenvalue weighted by Gasteiger charge is -2.30. The van der Waals surface area contributed by atoms with Crippen LogP contribution >= 0.6 is 0 Å². The molecule has 1 N–H and O–H groups in total. The normalized spacial score (nSPS) is 19.9. The Morgan fingerprint density at radius 2 is 2.00 bits per heavy atom. The van der Waals surface area contributed by atoms with Gasteiger partial charge in [-0.05, 0) is 19.3 Å². The molecule has 1 rings (SSSR count). The van der Waals surface area contributed by atoms with Crippen LogP contribution in [0.5, 0.6) is 0 Å². The Hall–Kier alpha value is -1.15. The van der Waals surface area contributed by atoms with Crippen LogP contribution < -0.4 is 4.72 Å². The van der Waals surface area contributed by atoms with Crippen molar-refractivity contribution in [3.63, 3.8) is 0 Å². The van der Waals surface area contributed by atoms with Crippen molar-refractivity contribution in [3.05, 3.63) is 0 Å². The smallest absolute Gasteiger partial charge is 0.228 e. The number of hydrogen-bond donors (Lipinski definition) is 1. The van der Waals surface area contributed by atoms with Gasteiger partial charge in [0, 0.05) is 19.1 Å². The van der Waals surface area contributed by atoms with Gasteiger partial charge in [0.1, 0.15) is 0 Å². The molecule has 1 aliphatic heterocycles. The Labute approximate surface area is 108 Å². The molecule has 7 heteroatoms. The molecule has 0 aliphatic carbocycles. The van der Waals surface area contributed by atoms with E-state index in [1.807, 2.05) is 4.90 Å². The van der Waals surface area contributed by atoms with Crippen LogP contribution in [0.1, 0.15) is 26.2 Å². The summed E-state index contributed by atoms with van der Waals surface area (Å²) in [6.07, 6.45) is 1.66. The molecule has 0 radical (unpaired) electrons. The van der Waals surface area contributed by atoms with E-state index < -0.39 is 15.3 Å². The first-order valence-electron chi connectivity index (χ1n) is 6.03. The SMILES string of the molecule is CCC(C#N)S(=O)(=O)NC1CCN(CC#N)CC1. The van der Waals surface area contributed by atoms with E-state index in [1.165, 1.54) is 0 Å². The Morgan fingerprint density at radius 3 is 2.44 bits per heavy atom. The summed E-state index contributed by atoms with van der Waals surface area (Å²) in [5, 5.41) is 16.4. The monoisotopic (exact) mass is 270 g/mol. The summed E-state index contributed by atoms with van der Waals surface area (Å²) in [6.45, 7) is 3.49. The highest BCUT2D eigenvalue weighted by molar-refractivity contribution is 7.90. The number of rotatable bonds is 5. The molecule has 1 atom stereocenters. The number of nitriles is 2. The first-order chi connectivity index (χ1) is 8.53. The standard InChI is InChI=1S/C11H18N4O2S/c1-2-11(9-13)18(16,17)14-10-3-6-15(7-4-10)8-5-12/h10-11,14H,2-4,6-8H2,1H3. The third kappa shape index (κ3) is 3.95. The third-order valence-electron chi connectivity index (χ3n) is 3.10. The number of nitrogens with zero attached hydrogens (tertiary/aromatic N) is 3. The van der Waals surface area contributed by atoms with Gasteiger partial charge in [-0.2, -0.15) is 10.5 Å². The van der Waals surface area contributed by atoms with E-state index >= 15 is 0 Å². The Bertz CT molecular complexity index is 441. The molecular weight excluding hydrogens is 252 g/mol. The van der Waals surface area contributed by atoms with Gasteiger partial charge in [0.15, 0.2) is 5.25 Å². The van der Waals surface area contributed by atoms with E-state index in [4.69, 9.17) is 10.5 Å². The topological polar surface area (TPSA) is 97.0 Å². The van der Waals surface area contributed by atoms with Crippen molar-refractivity contribution in [3.8, 4) is 12.1 Å². The molecule has 100 valence electrons. The van der Waals surface area contributed by atoms with Crippen molar-refractivity contribution in [2.24, 2.45) is 0 Å². The number of likely N-dealkylation sites (tertiary alicyclic amines) is 1. The van der Waals surface area contributed by atoms with Gasteiger partial charge in [-0.1, -0.05) is 6.92 Å².